The maximum atomic E-state index is 13.6. The van der Waals surface area contributed by atoms with E-state index in [4.69, 9.17) is 9.47 Å². The highest BCUT2D eigenvalue weighted by molar-refractivity contribution is 5.88. The Hall–Kier alpha value is -3.18. The standard InChI is InChI=1S/C34H58N4O7/c1-11-34(7,8)45-33(43)38(9)27(17-18-44-10)31(41)36-26(19-22(2)3)28(39)20-24(6)30(40)37-29(23(4)5)32(42)35-21-25-15-13-12-14-16-25/h12-16,22-24,26-29,39H,11,17-21H2,1-10H3,(H,35,42)(H,36,41)(H,37,40)/t24-,26+,27+,28+,29+/m1/s1. The smallest absolute Gasteiger partial charge is 0.410 e. The number of methoxy groups -OCH3 is 1. The number of hydrogen-bond acceptors (Lipinski definition) is 7. The van der Waals surface area contributed by atoms with E-state index in [0.717, 1.165) is 5.56 Å². The molecule has 1 aromatic rings. The van der Waals surface area contributed by atoms with Crippen LogP contribution in [0.5, 0.6) is 0 Å². The average Bonchev–Trinajstić information content (AvgIpc) is 2.97. The van der Waals surface area contributed by atoms with Crippen LogP contribution in [0.25, 0.3) is 0 Å². The molecular formula is C34H58N4O7. The fourth-order valence-electron chi connectivity index (χ4n) is 4.70. The van der Waals surface area contributed by atoms with Gasteiger partial charge in [0, 0.05) is 39.6 Å². The zero-order valence-electron chi connectivity index (χ0n) is 29.0. The molecule has 0 aliphatic carbocycles. The van der Waals surface area contributed by atoms with Crippen molar-refractivity contribution in [3.8, 4) is 0 Å². The SMILES string of the molecule is CCC(C)(C)OC(=O)N(C)[C@@H](CCOC)C(=O)N[C@@H](CC(C)C)[C@@H](O)C[C@@H](C)C(=O)N[C@H](C(=O)NCc1ccccc1)C(C)C. The lowest BCUT2D eigenvalue weighted by Crippen LogP contribution is -2.55. The summed E-state index contributed by atoms with van der Waals surface area (Å²) >= 11 is 0. The van der Waals surface area contributed by atoms with E-state index in [1.165, 1.54) is 19.1 Å². The summed E-state index contributed by atoms with van der Waals surface area (Å²) in [5.74, 6) is -1.78. The Morgan fingerprint density at radius 1 is 0.933 bits per heavy atom. The van der Waals surface area contributed by atoms with Gasteiger partial charge < -0.3 is 30.5 Å². The number of amides is 4. The minimum Gasteiger partial charge on any atom is -0.443 e. The second-order valence-electron chi connectivity index (χ2n) is 13.3. The topological polar surface area (TPSA) is 146 Å². The summed E-state index contributed by atoms with van der Waals surface area (Å²) in [6.07, 6.45) is -0.339. The first-order chi connectivity index (χ1) is 21.0. The molecule has 0 saturated carbocycles. The number of carbonyl (C=O) groups is 4. The fraction of sp³-hybridized carbons (Fsp3) is 0.706. The van der Waals surface area contributed by atoms with Crippen molar-refractivity contribution in [3.63, 3.8) is 0 Å². The summed E-state index contributed by atoms with van der Waals surface area (Å²) < 4.78 is 10.8. The summed E-state index contributed by atoms with van der Waals surface area (Å²) in [5, 5.41) is 19.9. The van der Waals surface area contributed by atoms with Crippen molar-refractivity contribution in [1.82, 2.24) is 20.9 Å². The third kappa shape index (κ3) is 14.2. The summed E-state index contributed by atoms with van der Waals surface area (Å²) in [6, 6.07) is 7.20. The summed E-state index contributed by atoms with van der Waals surface area (Å²) in [4.78, 5) is 53.9. The molecule has 256 valence electrons. The highest BCUT2D eigenvalue weighted by Gasteiger charge is 2.34. The van der Waals surface area contributed by atoms with Gasteiger partial charge >= 0.3 is 6.09 Å². The molecule has 1 aromatic carbocycles. The number of hydrogen-bond donors (Lipinski definition) is 4. The number of nitrogens with zero attached hydrogens (tertiary/aromatic N) is 1. The van der Waals surface area contributed by atoms with E-state index in [2.05, 4.69) is 16.0 Å². The van der Waals surface area contributed by atoms with Crippen LogP contribution in [-0.2, 0) is 30.4 Å². The van der Waals surface area contributed by atoms with Gasteiger partial charge in [-0.3, -0.25) is 19.3 Å². The third-order valence-corrected chi connectivity index (χ3v) is 7.99. The quantitative estimate of drug-likeness (QED) is 0.180. The van der Waals surface area contributed by atoms with Gasteiger partial charge in [-0.2, -0.15) is 0 Å². The van der Waals surface area contributed by atoms with Crippen LogP contribution in [0, 0.1) is 17.8 Å². The van der Waals surface area contributed by atoms with Crippen LogP contribution in [0.3, 0.4) is 0 Å². The van der Waals surface area contributed by atoms with Crippen molar-refractivity contribution in [2.75, 3.05) is 20.8 Å². The highest BCUT2D eigenvalue weighted by atomic mass is 16.6. The molecule has 11 nitrogen and oxygen atoms in total. The van der Waals surface area contributed by atoms with Gasteiger partial charge in [0.25, 0.3) is 0 Å². The first-order valence-corrected chi connectivity index (χ1v) is 16.1. The van der Waals surface area contributed by atoms with Crippen molar-refractivity contribution in [2.24, 2.45) is 17.8 Å². The Morgan fingerprint density at radius 2 is 1.56 bits per heavy atom. The van der Waals surface area contributed by atoms with Crippen LogP contribution in [0.1, 0.15) is 86.6 Å². The van der Waals surface area contributed by atoms with E-state index < -0.39 is 47.7 Å². The monoisotopic (exact) mass is 634 g/mol. The molecule has 0 saturated heterocycles. The second-order valence-corrected chi connectivity index (χ2v) is 13.3. The molecule has 0 aromatic heterocycles. The molecule has 11 heteroatoms. The lowest BCUT2D eigenvalue weighted by atomic mass is 9.91. The maximum absolute atomic E-state index is 13.6. The number of nitrogens with one attached hydrogen (secondary N) is 3. The molecule has 5 atom stereocenters. The first kappa shape index (κ1) is 39.8. The molecule has 0 radical (unpaired) electrons. The van der Waals surface area contributed by atoms with Gasteiger partial charge in [-0.15, -0.1) is 0 Å². The Labute approximate surface area is 270 Å². The predicted molar refractivity (Wildman–Crippen MR) is 175 cm³/mol. The largest absolute Gasteiger partial charge is 0.443 e. The highest BCUT2D eigenvalue weighted by Crippen LogP contribution is 2.19. The minimum absolute atomic E-state index is 0.0608. The number of likely N-dealkylation sites (N-methyl/N-ethyl adjacent to an activating group) is 1. The number of aliphatic hydroxyl groups is 1. The Bertz CT molecular complexity index is 1060. The molecule has 45 heavy (non-hydrogen) atoms. The van der Waals surface area contributed by atoms with Gasteiger partial charge in [0.2, 0.25) is 17.7 Å². The van der Waals surface area contributed by atoms with E-state index >= 15 is 0 Å². The zero-order valence-corrected chi connectivity index (χ0v) is 29.0. The maximum Gasteiger partial charge on any atom is 0.410 e. The zero-order chi connectivity index (χ0) is 34.3. The van der Waals surface area contributed by atoms with Gasteiger partial charge in [0.1, 0.15) is 17.7 Å². The average molecular weight is 635 g/mol. The van der Waals surface area contributed by atoms with E-state index in [9.17, 15) is 24.3 Å². The van der Waals surface area contributed by atoms with Gasteiger partial charge in [-0.25, -0.2) is 4.79 Å². The number of carbonyl (C=O) groups excluding carboxylic acids is 4. The van der Waals surface area contributed by atoms with Gasteiger partial charge in [-0.1, -0.05) is 71.9 Å². The van der Waals surface area contributed by atoms with Crippen LogP contribution in [0.2, 0.25) is 0 Å². The van der Waals surface area contributed by atoms with E-state index in [1.807, 2.05) is 65.0 Å². The third-order valence-electron chi connectivity index (χ3n) is 7.99. The molecule has 4 N–H and O–H groups in total. The molecular weight excluding hydrogens is 576 g/mol. The summed E-state index contributed by atoms with van der Waals surface area (Å²) in [7, 11) is 3.03. The van der Waals surface area contributed by atoms with Crippen molar-refractivity contribution in [3.05, 3.63) is 35.9 Å². The Morgan fingerprint density at radius 3 is 2.09 bits per heavy atom. The second kappa shape index (κ2) is 19.4. The summed E-state index contributed by atoms with van der Waals surface area (Å²) in [6.45, 7) is 15.4. The molecule has 0 aliphatic rings. The molecule has 0 fully saturated rings. The van der Waals surface area contributed by atoms with Crippen molar-refractivity contribution in [1.29, 1.82) is 0 Å². The number of rotatable bonds is 19. The van der Waals surface area contributed by atoms with Gasteiger partial charge in [0.05, 0.1) is 12.1 Å². The van der Waals surface area contributed by atoms with Crippen molar-refractivity contribution in [2.45, 2.75) is 117 Å². The van der Waals surface area contributed by atoms with Crippen molar-refractivity contribution < 1.29 is 33.8 Å². The molecule has 0 unspecified atom stereocenters. The van der Waals surface area contributed by atoms with Crippen LogP contribution in [-0.4, -0.2) is 84.4 Å². The minimum atomic E-state index is -1.05. The van der Waals surface area contributed by atoms with Crippen LogP contribution >= 0.6 is 0 Å². The van der Waals surface area contributed by atoms with Crippen LogP contribution in [0.15, 0.2) is 30.3 Å². The lowest BCUT2D eigenvalue weighted by molar-refractivity contribution is -0.132. The van der Waals surface area contributed by atoms with Crippen LogP contribution < -0.4 is 16.0 Å². The Balaban J connectivity index is 2.96. The number of aliphatic hydroxyl groups excluding tert-OH is 1. The van der Waals surface area contributed by atoms with Crippen molar-refractivity contribution >= 4 is 23.8 Å². The molecule has 0 heterocycles. The molecule has 0 aliphatic heterocycles. The fourth-order valence-corrected chi connectivity index (χ4v) is 4.70. The van der Waals surface area contributed by atoms with Crippen LogP contribution in [0.4, 0.5) is 4.79 Å². The van der Waals surface area contributed by atoms with E-state index in [-0.39, 0.29) is 43.1 Å². The first-order valence-electron chi connectivity index (χ1n) is 16.1. The molecule has 0 spiro atoms. The summed E-state index contributed by atoms with van der Waals surface area (Å²) in [5.41, 5.74) is 0.254. The van der Waals surface area contributed by atoms with E-state index in [1.54, 1.807) is 20.8 Å². The lowest BCUT2D eigenvalue weighted by Gasteiger charge is -2.33. The predicted octanol–water partition coefficient (Wildman–Crippen LogP) is 4.02. The molecule has 1 rings (SSSR count). The number of benzene rings is 1. The number of ether oxygens (including phenoxy) is 2. The van der Waals surface area contributed by atoms with Gasteiger partial charge in [0.15, 0.2) is 0 Å². The van der Waals surface area contributed by atoms with Gasteiger partial charge in [-0.05, 0) is 50.5 Å². The molecule has 4 amide bonds. The van der Waals surface area contributed by atoms with E-state index in [0.29, 0.717) is 19.4 Å². The normalized spacial score (nSPS) is 15.0. The Kier molecular flexibility index (Phi) is 17.1. The molecule has 0 bridgehead atoms.